The third-order valence-electron chi connectivity index (χ3n) is 14.8. The van der Waals surface area contributed by atoms with Crippen LogP contribution in [0.15, 0.2) is 35.9 Å². The maximum atomic E-state index is 14.4. The van der Waals surface area contributed by atoms with Crippen molar-refractivity contribution in [3.8, 4) is 0 Å². The molecule has 1 N–H and O–H groups in total. The van der Waals surface area contributed by atoms with Gasteiger partial charge < -0.3 is 10.1 Å². The zero-order chi connectivity index (χ0) is 31.2. The smallest absolute Gasteiger partial charge is 0.302 e. The highest BCUT2D eigenvalue weighted by Crippen LogP contribution is 2.76. The maximum Gasteiger partial charge on any atom is 0.302 e. The summed E-state index contributed by atoms with van der Waals surface area (Å²) in [4.78, 5) is 26.4. The Kier molecular flexibility index (Phi) is 7.51. The van der Waals surface area contributed by atoms with Crippen LogP contribution in [-0.4, -0.2) is 18.0 Å². The highest BCUT2D eigenvalue weighted by molar-refractivity contribution is 6.30. The van der Waals surface area contributed by atoms with Crippen molar-refractivity contribution in [3.63, 3.8) is 0 Å². The van der Waals surface area contributed by atoms with Gasteiger partial charge in [0.1, 0.15) is 6.10 Å². The van der Waals surface area contributed by atoms with Gasteiger partial charge in [-0.3, -0.25) is 9.59 Å². The van der Waals surface area contributed by atoms with E-state index in [1.54, 1.807) is 12.5 Å². The molecule has 0 aliphatic heterocycles. The SMILES string of the molecule is CC(=O)O[C@H]1CC[C@@]2(C)C(CC[C@]3(C)C2CC=C2C4[C@@H](C)[C@H](C)CC[C@]4(C(=O)Nc4ccc(Cl)cc4)CC[C@]23C)C1(C)C. The number of nitrogens with one attached hydrogen (secondary N) is 1. The molecule has 1 aromatic rings. The average Bonchev–Trinajstić information content (AvgIpc) is 2.93. The van der Waals surface area contributed by atoms with E-state index in [9.17, 15) is 9.59 Å². The molecule has 1 amide bonds. The Morgan fingerprint density at radius 2 is 1.58 bits per heavy atom. The summed E-state index contributed by atoms with van der Waals surface area (Å²) in [6, 6.07) is 7.57. The number of fused-ring (bicyclic) bond motifs is 7. The minimum Gasteiger partial charge on any atom is -0.462 e. The third kappa shape index (κ3) is 4.42. The lowest BCUT2D eigenvalue weighted by Crippen LogP contribution is -2.65. The van der Waals surface area contributed by atoms with Crippen molar-refractivity contribution in [2.24, 2.45) is 56.7 Å². The molecular formula is C38H54ClNO3. The fourth-order valence-electron chi connectivity index (χ4n) is 12.1. The van der Waals surface area contributed by atoms with E-state index in [4.69, 9.17) is 16.3 Å². The monoisotopic (exact) mass is 607 g/mol. The first kappa shape index (κ1) is 31.2. The summed E-state index contributed by atoms with van der Waals surface area (Å²) in [5.41, 5.74) is 2.46. The summed E-state index contributed by atoms with van der Waals surface area (Å²) < 4.78 is 5.93. The van der Waals surface area contributed by atoms with E-state index in [2.05, 4.69) is 59.9 Å². The molecule has 10 atom stereocenters. The van der Waals surface area contributed by atoms with Gasteiger partial charge in [0.05, 0.1) is 5.41 Å². The number of esters is 1. The molecule has 1 aromatic carbocycles. The second-order valence-electron chi connectivity index (χ2n) is 16.7. The van der Waals surface area contributed by atoms with E-state index in [0.717, 1.165) is 50.6 Å². The van der Waals surface area contributed by atoms with Crippen LogP contribution < -0.4 is 5.32 Å². The van der Waals surface area contributed by atoms with Crippen LogP contribution in [0, 0.1) is 56.7 Å². The predicted octanol–water partition coefficient (Wildman–Crippen LogP) is 9.87. The van der Waals surface area contributed by atoms with Crippen molar-refractivity contribution in [1.82, 2.24) is 0 Å². The topological polar surface area (TPSA) is 55.4 Å². The number of hydrogen-bond donors (Lipinski definition) is 1. The Bertz CT molecular complexity index is 1320. The number of allylic oxidation sites excluding steroid dienone is 2. The first-order chi connectivity index (χ1) is 20.1. The van der Waals surface area contributed by atoms with Crippen molar-refractivity contribution in [1.29, 1.82) is 0 Å². The molecule has 0 aromatic heterocycles. The molecule has 0 saturated heterocycles. The lowest BCUT2D eigenvalue weighted by atomic mass is 9.33. The first-order valence-electron chi connectivity index (χ1n) is 17.0. The minimum atomic E-state index is -0.370. The number of carbonyl (C=O) groups is 2. The van der Waals surface area contributed by atoms with Gasteiger partial charge in [-0.1, -0.05) is 71.7 Å². The summed E-state index contributed by atoms with van der Waals surface area (Å²) in [7, 11) is 0. The summed E-state index contributed by atoms with van der Waals surface area (Å²) in [6.07, 6.45) is 12.3. The van der Waals surface area contributed by atoms with Gasteiger partial charge in [-0.15, -0.1) is 0 Å². The molecule has 4 nitrogen and oxygen atoms in total. The van der Waals surface area contributed by atoms with E-state index in [-0.39, 0.29) is 51.0 Å². The van der Waals surface area contributed by atoms with Gasteiger partial charge in [-0.05, 0) is 128 Å². The number of hydrogen-bond acceptors (Lipinski definition) is 3. The fourth-order valence-corrected chi connectivity index (χ4v) is 12.2. The Balaban J connectivity index is 1.37. The van der Waals surface area contributed by atoms with E-state index >= 15 is 0 Å². The van der Waals surface area contributed by atoms with E-state index < -0.39 is 0 Å². The number of rotatable bonds is 3. The molecule has 5 heteroatoms. The molecule has 6 rings (SSSR count). The van der Waals surface area contributed by atoms with Crippen LogP contribution in [-0.2, 0) is 14.3 Å². The highest BCUT2D eigenvalue weighted by atomic mass is 35.5. The number of carbonyl (C=O) groups excluding carboxylic acids is 2. The van der Waals surface area contributed by atoms with Crippen LogP contribution >= 0.6 is 11.6 Å². The van der Waals surface area contributed by atoms with Crippen LogP contribution in [0.2, 0.25) is 5.02 Å². The molecule has 5 aliphatic rings. The van der Waals surface area contributed by atoms with Crippen LogP contribution in [0.4, 0.5) is 5.69 Å². The first-order valence-corrected chi connectivity index (χ1v) is 17.4. The number of benzene rings is 1. The zero-order valence-corrected chi connectivity index (χ0v) is 28.6. The van der Waals surface area contributed by atoms with Gasteiger partial charge in [-0.25, -0.2) is 0 Å². The molecule has 0 radical (unpaired) electrons. The van der Waals surface area contributed by atoms with E-state index in [0.29, 0.717) is 28.7 Å². The molecule has 5 aliphatic carbocycles. The Morgan fingerprint density at radius 1 is 0.884 bits per heavy atom. The zero-order valence-electron chi connectivity index (χ0n) is 27.8. The molecule has 0 heterocycles. The molecule has 4 saturated carbocycles. The van der Waals surface area contributed by atoms with Crippen LogP contribution in [0.5, 0.6) is 0 Å². The third-order valence-corrected chi connectivity index (χ3v) is 15.0. The van der Waals surface area contributed by atoms with Gasteiger partial charge in [-0.2, -0.15) is 0 Å². The lowest BCUT2D eigenvalue weighted by Gasteiger charge is -2.71. The highest BCUT2D eigenvalue weighted by Gasteiger charge is 2.69. The molecule has 3 unspecified atom stereocenters. The molecule has 43 heavy (non-hydrogen) atoms. The Hall–Kier alpha value is -1.81. The molecule has 4 fully saturated rings. The van der Waals surface area contributed by atoms with Crippen LogP contribution in [0.3, 0.4) is 0 Å². The minimum absolute atomic E-state index is 0.00302. The largest absolute Gasteiger partial charge is 0.462 e. The van der Waals surface area contributed by atoms with E-state index in [1.807, 2.05) is 24.3 Å². The fraction of sp³-hybridized carbons (Fsp3) is 0.737. The van der Waals surface area contributed by atoms with Gasteiger partial charge in [0.15, 0.2) is 0 Å². The summed E-state index contributed by atoms with van der Waals surface area (Å²) in [6.45, 7) is 18.9. The van der Waals surface area contributed by atoms with Gasteiger partial charge >= 0.3 is 5.97 Å². The normalized spacial score (nSPS) is 44.9. The lowest BCUT2D eigenvalue weighted by molar-refractivity contribution is -0.212. The number of halogens is 1. The predicted molar refractivity (Wildman–Crippen MR) is 175 cm³/mol. The number of ether oxygens (including phenoxy) is 1. The summed E-state index contributed by atoms with van der Waals surface area (Å²) >= 11 is 6.16. The molecular weight excluding hydrogens is 554 g/mol. The Morgan fingerprint density at radius 3 is 2.26 bits per heavy atom. The van der Waals surface area contributed by atoms with Crippen molar-refractivity contribution in [2.75, 3.05) is 5.32 Å². The van der Waals surface area contributed by atoms with Crippen molar-refractivity contribution >= 4 is 29.2 Å². The van der Waals surface area contributed by atoms with Gasteiger partial charge in [0, 0.05) is 23.0 Å². The van der Waals surface area contributed by atoms with Gasteiger partial charge in [0.25, 0.3) is 0 Å². The number of amides is 1. The van der Waals surface area contributed by atoms with Crippen molar-refractivity contribution < 1.29 is 14.3 Å². The van der Waals surface area contributed by atoms with Gasteiger partial charge in [0.2, 0.25) is 5.91 Å². The van der Waals surface area contributed by atoms with E-state index in [1.165, 1.54) is 12.8 Å². The average molecular weight is 608 g/mol. The molecule has 0 spiro atoms. The summed E-state index contributed by atoms with van der Waals surface area (Å²) in [5, 5.41) is 4.03. The van der Waals surface area contributed by atoms with Crippen molar-refractivity contribution in [3.05, 3.63) is 40.9 Å². The maximum absolute atomic E-state index is 14.4. The Labute approximate surface area is 265 Å². The second kappa shape index (κ2) is 10.4. The molecule has 0 bridgehead atoms. The van der Waals surface area contributed by atoms with Crippen LogP contribution in [0.25, 0.3) is 0 Å². The second-order valence-corrected chi connectivity index (χ2v) is 17.2. The van der Waals surface area contributed by atoms with Crippen LogP contribution in [0.1, 0.15) is 113 Å². The standard InChI is InChI=1S/C38H54ClNO3/c1-23-15-20-38(33(42)40-27-11-9-26(39)10-12-27)22-21-36(7)28(32(38)24(23)2)13-14-30-35(6)18-17-31(43-25(3)41)34(4,5)29(35)16-19-37(30,36)8/h9-13,23-24,29-32H,14-22H2,1-8H3,(H,40,42)/t23-,24+,29?,30?,31+,32?,35+,36-,37-,38+/m1/s1. The summed E-state index contributed by atoms with van der Waals surface area (Å²) in [5.74, 6) is 2.48. The number of anilines is 1. The quantitative estimate of drug-likeness (QED) is 0.275. The van der Waals surface area contributed by atoms with Crippen molar-refractivity contribution in [2.45, 2.75) is 119 Å². The molecule has 236 valence electrons.